The third kappa shape index (κ3) is 4.34. The van der Waals surface area contributed by atoms with Crippen LogP contribution in [-0.2, 0) is 4.79 Å². The maximum atomic E-state index is 14.4. The van der Waals surface area contributed by atoms with Crippen LogP contribution in [0.4, 0.5) is 8.78 Å². The van der Waals surface area contributed by atoms with Gasteiger partial charge < -0.3 is 5.11 Å². The molecule has 1 aliphatic carbocycles. The Morgan fingerprint density at radius 2 is 2.00 bits per heavy atom. The number of hydrogen-bond acceptors (Lipinski definition) is 2. The molecule has 2 rings (SSSR count). The van der Waals surface area contributed by atoms with E-state index in [1.165, 1.54) is 12.1 Å². The van der Waals surface area contributed by atoms with Crippen molar-refractivity contribution in [2.24, 2.45) is 11.3 Å². The van der Waals surface area contributed by atoms with Gasteiger partial charge in [0.2, 0.25) is 0 Å². The Kier molecular flexibility index (Phi) is 6.03. The molecule has 1 fully saturated rings. The van der Waals surface area contributed by atoms with Gasteiger partial charge in [-0.15, -0.1) is 0 Å². The maximum Gasteiger partial charge on any atom is 0.148 e. The van der Waals surface area contributed by atoms with Crippen LogP contribution >= 0.6 is 11.6 Å². The lowest BCUT2D eigenvalue weighted by molar-refractivity contribution is -0.123. The molecule has 0 spiro atoms. The third-order valence-electron chi connectivity index (χ3n) is 5.01. The van der Waals surface area contributed by atoms with Crippen molar-refractivity contribution in [1.29, 1.82) is 0 Å². The molecular weight excluding hydrogens is 334 g/mol. The van der Waals surface area contributed by atoms with Gasteiger partial charge in [0.25, 0.3) is 0 Å². The zero-order chi connectivity index (χ0) is 18.1. The Labute approximate surface area is 147 Å². The Hall–Kier alpha value is -1.000. The summed E-state index contributed by atoms with van der Waals surface area (Å²) in [5.41, 5.74) is -0.448. The summed E-state index contributed by atoms with van der Waals surface area (Å²) in [6.45, 7) is 5.71. The molecule has 0 amide bonds. The molecule has 134 valence electrons. The van der Waals surface area contributed by atoms with E-state index in [0.717, 1.165) is 0 Å². The molecule has 24 heavy (non-hydrogen) atoms. The molecule has 1 N–H and O–H groups in total. The number of hydrogen-bond donors (Lipinski definition) is 1. The van der Waals surface area contributed by atoms with Gasteiger partial charge in [0, 0.05) is 17.9 Å². The summed E-state index contributed by atoms with van der Waals surface area (Å²) in [5.74, 6) is -1.87. The monoisotopic (exact) mass is 358 g/mol. The van der Waals surface area contributed by atoms with E-state index in [2.05, 4.69) is 0 Å². The first kappa shape index (κ1) is 19.3. The molecular formula is C19H25ClF2O2. The number of carbonyl (C=O) groups is 1. The van der Waals surface area contributed by atoms with Crippen molar-refractivity contribution < 1.29 is 18.7 Å². The van der Waals surface area contributed by atoms with E-state index < -0.39 is 29.1 Å². The van der Waals surface area contributed by atoms with E-state index in [1.807, 2.05) is 20.8 Å². The average molecular weight is 359 g/mol. The lowest BCUT2D eigenvalue weighted by Crippen LogP contribution is -2.23. The smallest absolute Gasteiger partial charge is 0.148 e. The SMILES string of the molecule is CC(C)(C)[C@H](CCC(=O)C1CCC(O)C1)c1c(F)ccc(Cl)c1F. The zero-order valence-corrected chi connectivity index (χ0v) is 15.2. The highest BCUT2D eigenvalue weighted by atomic mass is 35.5. The number of aliphatic hydroxyl groups excluding tert-OH is 1. The number of ketones is 1. The van der Waals surface area contributed by atoms with Crippen LogP contribution in [0.1, 0.15) is 64.4 Å². The van der Waals surface area contributed by atoms with E-state index in [-0.39, 0.29) is 28.7 Å². The molecule has 1 aliphatic rings. The van der Waals surface area contributed by atoms with Crippen LogP contribution in [0.15, 0.2) is 12.1 Å². The highest BCUT2D eigenvalue weighted by Gasteiger charge is 2.34. The van der Waals surface area contributed by atoms with Gasteiger partial charge in [-0.2, -0.15) is 0 Å². The lowest BCUT2D eigenvalue weighted by atomic mass is 9.73. The van der Waals surface area contributed by atoms with Crippen molar-refractivity contribution in [3.63, 3.8) is 0 Å². The summed E-state index contributed by atoms with van der Waals surface area (Å²) in [6.07, 6.45) is 2.06. The highest BCUT2D eigenvalue weighted by molar-refractivity contribution is 6.30. The number of aliphatic hydroxyl groups is 1. The van der Waals surface area contributed by atoms with Gasteiger partial charge in [-0.1, -0.05) is 32.4 Å². The van der Waals surface area contributed by atoms with Gasteiger partial charge in [-0.3, -0.25) is 4.79 Å². The fraction of sp³-hybridized carbons (Fsp3) is 0.632. The summed E-state index contributed by atoms with van der Waals surface area (Å²) in [6, 6.07) is 2.38. The van der Waals surface area contributed by atoms with Crippen LogP contribution in [0.5, 0.6) is 0 Å². The number of halogens is 3. The molecule has 0 heterocycles. The Morgan fingerprint density at radius 3 is 2.54 bits per heavy atom. The number of benzene rings is 1. The second-order valence-electron chi connectivity index (χ2n) is 7.84. The van der Waals surface area contributed by atoms with E-state index in [9.17, 15) is 18.7 Å². The zero-order valence-electron chi connectivity index (χ0n) is 14.4. The normalized spacial score (nSPS) is 22.6. The van der Waals surface area contributed by atoms with Gasteiger partial charge in [0.1, 0.15) is 17.4 Å². The van der Waals surface area contributed by atoms with Crippen LogP contribution in [0.2, 0.25) is 5.02 Å². The van der Waals surface area contributed by atoms with Crippen molar-refractivity contribution in [2.45, 2.75) is 64.9 Å². The molecule has 2 unspecified atom stereocenters. The molecule has 0 bridgehead atoms. The van der Waals surface area contributed by atoms with Gasteiger partial charge in [-0.05, 0) is 49.1 Å². The number of carbonyl (C=O) groups excluding carboxylic acids is 1. The number of rotatable bonds is 5. The lowest BCUT2D eigenvalue weighted by Gasteiger charge is -2.32. The van der Waals surface area contributed by atoms with Crippen molar-refractivity contribution >= 4 is 17.4 Å². The van der Waals surface area contributed by atoms with E-state index in [4.69, 9.17) is 11.6 Å². The van der Waals surface area contributed by atoms with Crippen LogP contribution in [0.25, 0.3) is 0 Å². The van der Waals surface area contributed by atoms with Crippen LogP contribution in [0.3, 0.4) is 0 Å². The molecule has 0 aliphatic heterocycles. The van der Waals surface area contributed by atoms with Crippen LogP contribution in [-0.4, -0.2) is 17.0 Å². The second-order valence-corrected chi connectivity index (χ2v) is 8.25. The molecule has 1 aromatic rings. The Bertz CT molecular complexity index is 610. The van der Waals surface area contributed by atoms with Crippen LogP contribution in [0, 0.1) is 23.0 Å². The quantitative estimate of drug-likeness (QED) is 0.729. The summed E-state index contributed by atoms with van der Waals surface area (Å²) in [4.78, 5) is 12.4. The largest absolute Gasteiger partial charge is 0.393 e. The molecule has 2 nitrogen and oxygen atoms in total. The maximum absolute atomic E-state index is 14.4. The molecule has 5 heteroatoms. The average Bonchev–Trinajstić information content (AvgIpc) is 2.91. The molecule has 1 saturated carbocycles. The minimum absolute atomic E-state index is 0.0331. The van der Waals surface area contributed by atoms with E-state index in [1.54, 1.807) is 0 Å². The molecule has 0 radical (unpaired) electrons. The molecule has 1 aromatic carbocycles. The fourth-order valence-corrected chi connectivity index (χ4v) is 3.78. The third-order valence-corrected chi connectivity index (χ3v) is 5.30. The summed E-state index contributed by atoms with van der Waals surface area (Å²) >= 11 is 5.83. The minimum atomic E-state index is -0.736. The summed E-state index contributed by atoms with van der Waals surface area (Å²) < 4.78 is 28.7. The molecule has 0 saturated heterocycles. The fourth-order valence-electron chi connectivity index (χ4n) is 3.61. The predicted octanol–water partition coefficient (Wildman–Crippen LogP) is 5.26. The van der Waals surface area contributed by atoms with Crippen LogP contribution < -0.4 is 0 Å². The van der Waals surface area contributed by atoms with E-state index in [0.29, 0.717) is 25.7 Å². The molecule has 3 atom stereocenters. The summed E-state index contributed by atoms with van der Waals surface area (Å²) in [7, 11) is 0. The predicted molar refractivity (Wildman–Crippen MR) is 91.2 cm³/mol. The highest BCUT2D eigenvalue weighted by Crippen LogP contribution is 2.42. The Balaban J connectivity index is 2.19. The van der Waals surface area contributed by atoms with Gasteiger partial charge in [0.05, 0.1) is 11.1 Å². The van der Waals surface area contributed by atoms with Crippen molar-refractivity contribution in [1.82, 2.24) is 0 Å². The first-order valence-electron chi connectivity index (χ1n) is 8.45. The van der Waals surface area contributed by atoms with Crippen molar-refractivity contribution in [3.8, 4) is 0 Å². The van der Waals surface area contributed by atoms with Gasteiger partial charge in [0.15, 0.2) is 0 Å². The number of Topliss-reactive ketones (excluding diaryl/α,β-unsaturated/α-hetero) is 1. The van der Waals surface area contributed by atoms with Gasteiger partial charge >= 0.3 is 0 Å². The first-order valence-corrected chi connectivity index (χ1v) is 8.83. The standard InChI is InChI=1S/C19H25ClF2O2/c1-19(2,3)13(17-15(21)8-7-14(20)18(17)22)6-9-16(24)11-4-5-12(23)10-11/h7-8,11-13,23H,4-6,9-10H2,1-3H3/t11?,12?,13-/m1/s1. The van der Waals surface area contributed by atoms with Gasteiger partial charge in [-0.25, -0.2) is 8.78 Å². The summed E-state index contributed by atoms with van der Waals surface area (Å²) in [5, 5.41) is 9.46. The second kappa shape index (κ2) is 7.49. The van der Waals surface area contributed by atoms with Crippen molar-refractivity contribution in [2.75, 3.05) is 0 Å². The van der Waals surface area contributed by atoms with E-state index >= 15 is 0 Å². The Morgan fingerprint density at radius 1 is 1.33 bits per heavy atom. The topological polar surface area (TPSA) is 37.3 Å². The molecule has 0 aromatic heterocycles. The van der Waals surface area contributed by atoms with Crippen molar-refractivity contribution in [3.05, 3.63) is 34.4 Å². The first-order chi connectivity index (χ1) is 11.1. The minimum Gasteiger partial charge on any atom is -0.393 e.